The molecule has 2 aliphatic heterocycles. The molecule has 1 N–H and O–H groups in total. The van der Waals surface area contributed by atoms with Crippen molar-refractivity contribution < 1.29 is 4.92 Å². The molecule has 0 spiro atoms. The van der Waals surface area contributed by atoms with Crippen LogP contribution >= 0.6 is 0 Å². The third-order valence-electron chi connectivity index (χ3n) is 4.48. The molecule has 110 valence electrons. The summed E-state index contributed by atoms with van der Waals surface area (Å²) in [5.41, 5.74) is 0.768. The molecule has 2 fully saturated rings. The standard InChI is InChI=1S/C13H21N5O2/c1-3-10-12(18(19)20)13(16(2)15-10)17-7-9-5-4-6-14-11(9)8-17/h9,11,14H,3-8H2,1-2H3/t9-,11+/m0/s1. The summed E-state index contributed by atoms with van der Waals surface area (Å²) in [7, 11) is 1.80. The second-order valence-corrected chi connectivity index (χ2v) is 5.72. The largest absolute Gasteiger partial charge is 0.349 e. The first kappa shape index (κ1) is 13.4. The zero-order valence-corrected chi connectivity index (χ0v) is 12.0. The summed E-state index contributed by atoms with van der Waals surface area (Å²) in [5.74, 6) is 1.27. The normalized spacial score (nSPS) is 25.8. The highest BCUT2D eigenvalue weighted by atomic mass is 16.6. The molecule has 0 unspecified atom stereocenters. The molecule has 3 rings (SSSR count). The maximum Gasteiger partial charge on any atom is 0.334 e. The van der Waals surface area contributed by atoms with Crippen LogP contribution in [0.4, 0.5) is 11.5 Å². The molecule has 0 saturated carbocycles. The van der Waals surface area contributed by atoms with Crippen molar-refractivity contribution in [2.75, 3.05) is 24.5 Å². The quantitative estimate of drug-likeness (QED) is 0.662. The summed E-state index contributed by atoms with van der Waals surface area (Å²) in [5, 5.41) is 19.2. The Morgan fingerprint density at radius 1 is 1.50 bits per heavy atom. The molecule has 0 aromatic carbocycles. The first-order valence-electron chi connectivity index (χ1n) is 7.30. The van der Waals surface area contributed by atoms with Crippen molar-refractivity contribution in [3.63, 3.8) is 0 Å². The molecule has 0 amide bonds. The van der Waals surface area contributed by atoms with E-state index in [9.17, 15) is 10.1 Å². The van der Waals surface area contributed by atoms with E-state index >= 15 is 0 Å². The van der Waals surface area contributed by atoms with Crippen LogP contribution in [0.15, 0.2) is 0 Å². The predicted molar refractivity (Wildman–Crippen MR) is 76.0 cm³/mol. The van der Waals surface area contributed by atoms with Gasteiger partial charge in [0.25, 0.3) is 0 Å². The van der Waals surface area contributed by atoms with Crippen LogP contribution in [0.2, 0.25) is 0 Å². The van der Waals surface area contributed by atoms with Gasteiger partial charge in [-0.05, 0) is 31.7 Å². The minimum atomic E-state index is -0.281. The molecule has 3 heterocycles. The van der Waals surface area contributed by atoms with Gasteiger partial charge in [-0.1, -0.05) is 6.92 Å². The number of hydrogen-bond acceptors (Lipinski definition) is 5. The molecule has 7 heteroatoms. The van der Waals surface area contributed by atoms with Crippen LogP contribution in [0.25, 0.3) is 0 Å². The Labute approximate surface area is 118 Å². The average molecular weight is 279 g/mol. The lowest BCUT2D eigenvalue weighted by atomic mass is 9.94. The van der Waals surface area contributed by atoms with E-state index < -0.39 is 0 Å². The van der Waals surface area contributed by atoms with E-state index in [1.807, 2.05) is 6.92 Å². The van der Waals surface area contributed by atoms with E-state index in [-0.39, 0.29) is 10.6 Å². The molecule has 0 aliphatic carbocycles. The van der Waals surface area contributed by atoms with Gasteiger partial charge in [-0.15, -0.1) is 0 Å². The summed E-state index contributed by atoms with van der Waals surface area (Å²) in [6, 6.07) is 0.461. The van der Waals surface area contributed by atoms with Crippen molar-refractivity contribution in [3.8, 4) is 0 Å². The predicted octanol–water partition coefficient (Wildman–Crippen LogP) is 1.08. The van der Waals surface area contributed by atoms with Crippen molar-refractivity contribution >= 4 is 11.5 Å². The Morgan fingerprint density at radius 3 is 2.95 bits per heavy atom. The maximum absolute atomic E-state index is 11.4. The van der Waals surface area contributed by atoms with Crippen LogP contribution in [0.3, 0.4) is 0 Å². The zero-order chi connectivity index (χ0) is 14.3. The summed E-state index contributed by atoms with van der Waals surface area (Å²) < 4.78 is 1.67. The molecular weight excluding hydrogens is 258 g/mol. The third-order valence-corrected chi connectivity index (χ3v) is 4.48. The number of nitro groups is 1. The smallest absolute Gasteiger partial charge is 0.334 e. The van der Waals surface area contributed by atoms with Gasteiger partial charge in [-0.2, -0.15) is 5.10 Å². The van der Waals surface area contributed by atoms with E-state index in [4.69, 9.17) is 0 Å². The van der Waals surface area contributed by atoms with Gasteiger partial charge in [0.05, 0.1) is 4.92 Å². The molecule has 1 aromatic heterocycles. The summed E-state index contributed by atoms with van der Waals surface area (Å²) in [6.07, 6.45) is 2.99. The minimum Gasteiger partial charge on any atom is -0.349 e. The lowest BCUT2D eigenvalue weighted by Crippen LogP contribution is -2.40. The lowest BCUT2D eigenvalue weighted by Gasteiger charge is -2.24. The van der Waals surface area contributed by atoms with Crippen molar-refractivity contribution in [2.45, 2.75) is 32.2 Å². The SMILES string of the molecule is CCc1nn(C)c(N2C[C@@H]3CCCN[C@@H]3C2)c1[N+](=O)[O-]. The van der Waals surface area contributed by atoms with Crippen molar-refractivity contribution in [1.82, 2.24) is 15.1 Å². The summed E-state index contributed by atoms with van der Waals surface area (Å²) >= 11 is 0. The van der Waals surface area contributed by atoms with Gasteiger partial charge in [-0.25, -0.2) is 4.68 Å². The number of nitrogens with zero attached hydrogens (tertiary/aromatic N) is 4. The number of fused-ring (bicyclic) bond motifs is 1. The number of anilines is 1. The Balaban J connectivity index is 1.94. The highest BCUT2D eigenvalue weighted by Crippen LogP contribution is 2.36. The number of aromatic nitrogens is 2. The van der Waals surface area contributed by atoms with Crippen LogP contribution in [-0.4, -0.2) is 40.4 Å². The van der Waals surface area contributed by atoms with E-state index in [0.29, 0.717) is 29.9 Å². The molecule has 0 bridgehead atoms. The monoisotopic (exact) mass is 279 g/mol. The fourth-order valence-corrected chi connectivity index (χ4v) is 3.56. The number of aryl methyl sites for hydroxylation is 2. The lowest BCUT2D eigenvalue weighted by molar-refractivity contribution is -0.384. The number of piperidine rings is 1. The number of nitrogens with one attached hydrogen (secondary N) is 1. The first-order chi connectivity index (χ1) is 9.61. The minimum absolute atomic E-state index is 0.189. The van der Waals surface area contributed by atoms with Crippen LogP contribution in [-0.2, 0) is 13.5 Å². The fourth-order valence-electron chi connectivity index (χ4n) is 3.56. The van der Waals surface area contributed by atoms with Crippen LogP contribution in [0, 0.1) is 16.0 Å². The second-order valence-electron chi connectivity index (χ2n) is 5.72. The molecular formula is C13H21N5O2. The van der Waals surface area contributed by atoms with Gasteiger partial charge in [0.2, 0.25) is 5.82 Å². The second kappa shape index (κ2) is 5.05. The number of hydrogen-bond donors (Lipinski definition) is 1. The topological polar surface area (TPSA) is 76.2 Å². The van der Waals surface area contributed by atoms with Crippen LogP contribution < -0.4 is 10.2 Å². The Kier molecular flexibility index (Phi) is 3.37. The molecule has 2 saturated heterocycles. The third kappa shape index (κ3) is 2.06. The zero-order valence-electron chi connectivity index (χ0n) is 12.0. The molecule has 20 heavy (non-hydrogen) atoms. The van der Waals surface area contributed by atoms with Gasteiger partial charge in [0.1, 0.15) is 5.69 Å². The van der Waals surface area contributed by atoms with Gasteiger partial charge in [-0.3, -0.25) is 10.1 Å². The highest BCUT2D eigenvalue weighted by Gasteiger charge is 2.39. The molecule has 2 atom stereocenters. The van der Waals surface area contributed by atoms with Crippen molar-refractivity contribution in [3.05, 3.63) is 15.8 Å². The van der Waals surface area contributed by atoms with E-state index in [1.165, 1.54) is 12.8 Å². The molecule has 2 aliphatic rings. The van der Waals surface area contributed by atoms with Gasteiger partial charge in [0.15, 0.2) is 0 Å². The van der Waals surface area contributed by atoms with Gasteiger partial charge in [0, 0.05) is 26.2 Å². The van der Waals surface area contributed by atoms with Crippen molar-refractivity contribution in [1.29, 1.82) is 0 Å². The maximum atomic E-state index is 11.4. The average Bonchev–Trinajstić information content (AvgIpc) is 2.98. The Morgan fingerprint density at radius 2 is 2.30 bits per heavy atom. The molecule has 7 nitrogen and oxygen atoms in total. The van der Waals surface area contributed by atoms with Crippen LogP contribution in [0.5, 0.6) is 0 Å². The van der Waals surface area contributed by atoms with Crippen LogP contribution in [0.1, 0.15) is 25.5 Å². The highest BCUT2D eigenvalue weighted by molar-refractivity contribution is 5.62. The Hall–Kier alpha value is -1.63. The van der Waals surface area contributed by atoms with E-state index in [0.717, 1.165) is 19.6 Å². The molecule has 0 radical (unpaired) electrons. The molecule has 1 aromatic rings. The Bertz CT molecular complexity index is 513. The van der Waals surface area contributed by atoms with Gasteiger partial charge >= 0.3 is 5.69 Å². The number of rotatable bonds is 3. The summed E-state index contributed by atoms with van der Waals surface area (Å²) in [6.45, 7) is 4.70. The first-order valence-corrected chi connectivity index (χ1v) is 7.30. The summed E-state index contributed by atoms with van der Waals surface area (Å²) in [4.78, 5) is 13.3. The van der Waals surface area contributed by atoms with E-state index in [2.05, 4.69) is 15.3 Å². The van der Waals surface area contributed by atoms with Gasteiger partial charge < -0.3 is 10.2 Å². The van der Waals surface area contributed by atoms with Crippen molar-refractivity contribution in [2.24, 2.45) is 13.0 Å². The van der Waals surface area contributed by atoms with E-state index in [1.54, 1.807) is 11.7 Å². The fraction of sp³-hybridized carbons (Fsp3) is 0.769.